The average Bonchev–Trinajstić information content (AvgIpc) is 3.42. The molecule has 3 heterocycles. The van der Waals surface area contributed by atoms with Crippen molar-refractivity contribution in [1.82, 2.24) is 4.90 Å². The zero-order valence-corrected chi connectivity index (χ0v) is 18.0. The smallest absolute Gasteiger partial charge is 0.306 e. The van der Waals surface area contributed by atoms with E-state index in [-0.39, 0.29) is 36.3 Å². The Hall–Kier alpha value is -3.72. The fraction of sp³-hybridized carbons (Fsp3) is 0.333. The van der Waals surface area contributed by atoms with Crippen molar-refractivity contribution in [2.45, 2.75) is 12.3 Å². The van der Waals surface area contributed by atoms with Gasteiger partial charge in [0.05, 0.1) is 32.3 Å². The normalized spacial score (nSPS) is 18.8. The Kier molecular flexibility index (Phi) is 5.55. The van der Waals surface area contributed by atoms with Gasteiger partial charge in [0.1, 0.15) is 11.5 Å². The summed E-state index contributed by atoms with van der Waals surface area (Å²) in [6.07, 6.45) is 1.61. The van der Waals surface area contributed by atoms with Crippen LogP contribution in [0.2, 0.25) is 0 Å². The molecule has 0 aliphatic carbocycles. The predicted octanol–water partition coefficient (Wildman–Crippen LogP) is 2.56. The van der Waals surface area contributed by atoms with Crippen LogP contribution in [0.15, 0.2) is 42.3 Å². The van der Waals surface area contributed by atoms with Crippen LogP contribution in [0, 0.1) is 0 Å². The third kappa shape index (κ3) is 3.95. The van der Waals surface area contributed by atoms with Crippen LogP contribution in [0.3, 0.4) is 0 Å². The van der Waals surface area contributed by atoms with Crippen LogP contribution in [0.5, 0.6) is 23.0 Å². The Balaban J connectivity index is 1.57. The third-order valence-corrected chi connectivity index (χ3v) is 5.94. The summed E-state index contributed by atoms with van der Waals surface area (Å²) in [6, 6.07) is 8.28. The number of hydrogen-bond acceptors (Lipinski definition) is 9. The van der Waals surface area contributed by atoms with Gasteiger partial charge < -0.3 is 33.7 Å². The van der Waals surface area contributed by atoms with E-state index in [1.807, 2.05) is 4.90 Å². The van der Waals surface area contributed by atoms with Crippen LogP contribution >= 0.6 is 0 Å². The standard InChI is InChI=1S/C24H23NO8/c1-29-21(27)11-16(14-2-5-18-19(10-14)32-13-31-18)22-17(26)4-3-15-23(28)20(33-24(15)22)12-25-6-8-30-9-7-25/h2-5,10,12,16,26H,6-9,11,13H2,1H3/b20-12-/t16-/m1/s1. The number of Topliss-reactive ketones (excluding diaryl/α,β-unsaturated/α-hetero) is 1. The Bertz CT molecular complexity index is 1140. The second-order valence-electron chi connectivity index (χ2n) is 7.89. The van der Waals surface area contributed by atoms with E-state index in [2.05, 4.69) is 0 Å². The number of hydrogen-bond donors (Lipinski definition) is 1. The molecule has 1 atom stereocenters. The molecule has 2 aromatic rings. The lowest BCUT2D eigenvalue weighted by molar-refractivity contribution is -0.140. The maximum absolute atomic E-state index is 13.1. The molecule has 1 saturated heterocycles. The number of fused-ring (bicyclic) bond motifs is 2. The minimum Gasteiger partial charge on any atom is -0.508 e. The van der Waals surface area contributed by atoms with Gasteiger partial charge in [0.2, 0.25) is 12.6 Å². The molecular weight excluding hydrogens is 430 g/mol. The van der Waals surface area contributed by atoms with Gasteiger partial charge in [-0.2, -0.15) is 0 Å². The van der Waals surface area contributed by atoms with Crippen molar-refractivity contribution in [2.24, 2.45) is 0 Å². The molecule has 172 valence electrons. The maximum atomic E-state index is 13.1. The Morgan fingerprint density at radius 1 is 1.18 bits per heavy atom. The van der Waals surface area contributed by atoms with E-state index in [0.29, 0.717) is 54.5 Å². The molecule has 3 aliphatic heterocycles. The van der Waals surface area contributed by atoms with E-state index in [1.165, 1.54) is 19.2 Å². The molecule has 9 heteroatoms. The van der Waals surface area contributed by atoms with Crippen molar-refractivity contribution in [2.75, 3.05) is 40.2 Å². The van der Waals surface area contributed by atoms with Gasteiger partial charge in [-0.1, -0.05) is 6.07 Å². The highest BCUT2D eigenvalue weighted by atomic mass is 16.7. The van der Waals surface area contributed by atoms with Crippen LogP contribution in [0.4, 0.5) is 0 Å². The van der Waals surface area contributed by atoms with Gasteiger partial charge in [-0.25, -0.2) is 0 Å². The van der Waals surface area contributed by atoms with Gasteiger partial charge in [0.25, 0.3) is 0 Å². The molecule has 5 rings (SSSR count). The summed E-state index contributed by atoms with van der Waals surface area (Å²) in [7, 11) is 1.30. The first-order valence-electron chi connectivity index (χ1n) is 10.6. The maximum Gasteiger partial charge on any atom is 0.306 e. The lowest BCUT2D eigenvalue weighted by Gasteiger charge is -2.25. The molecule has 2 aromatic carbocycles. The molecule has 3 aliphatic rings. The number of benzene rings is 2. The zero-order chi connectivity index (χ0) is 22.9. The molecule has 33 heavy (non-hydrogen) atoms. The Morgan fingerprint density at radius 2 is 1.97 bits per heavy atom. The molecule has 0 amide bonds. The van der Waals surface area contributed by atoms with Gasteiger partial charge in [0.15, 0.2) is 17.3 Å². The molecule has 0 unspecified atom stereocenters. The summed E-state index contributed by atoms with van der Waals surface area (Å²) in [4.78, 5) is 27.3. The van der Waals surface area contributed by atoms with Crippen molar-refractivity contribution in [3.8, 4) is 23.0 Å². The summed E-state index contributed by atoms with van der Waals surface area (Å²) < 4.78 is 27.1. The first-order valence-corrected chi connectivity index (χ1v) is 10.6. The highest BCUT2D eigenvalue weighted by Crippen LogP contribution is 2.47. The van der Waals surface area contributed by atoms with E-state index in [0.717, 1.165) is 0 Å². The van der Waals surface area contributed by atoms with Crippen molar-refractivity contribution in [1.29, 1.82) is 0 Å². The van der Waals surface area contributed by atoms with Gasteiger partial charge >= 0.3 is 5.97 Å². The summed E-state index contributed by atoms with van der Waals surface area (Å²) in [5, 5.41) is 10.8. The Morgan fingerprint density at radius 3 is 2.76 bits per heavy atom. The molecule has 1 fully saturated rings. The minimum atomic E-state index is -0.641. The number of carbonyl (C=O) groups excluding carboxylic acids is 2. The molecule has 0 aromatic heterocycles. The van der Waals surface area contributed by atoms with Crippen LogP contribution in [-0.2, 0) is 14.3 Å². The van der Waals surface area contributed by atoms with Gasteiger partial charge in [-0.3, -0.25) is 9.59 Å². The third-order valence-electron chi connectivity index (χ3n) is 5.94. The first kappa shape index (κ1) is 21.1. The molecule has 0 radical (unpaired) electrons. The number of ketones is 1. The number of methoxy groups -OCH3 is 1. The van der Waals surface area contributed by atoms with Crippen LogP contribution < -0.4 is 14.2 Å². The summed E-state index contributed by atoms with van der Waals surface area (Å²) in [5.74, 6) is 0.0772. The lowest BCUT2D eigenvalue weighted by atomic mass is 9.86. The first-order chi connectivity index (χ1) is 16.0. The number of phenolic OH excluding ortho intramolecular Hbond substituents is 1. The molecule has 9 nitrogen and oxygen atoms in total. The Labute approximate surface area is 190 Å². The SMILES string of the molecule is COC(=O)C[C@H](c1ccc2c(c1)OCO2)c1c(O)ccc2c1O/C(=C\N1CCOCC1)C2=O. The number of aromatic hydroxyl groups is 1. The fourth-order valence-electron chi connectivity index (χ4n) is 4.23. The largest absolute Gasteiger partial charge is 0.508 e. The van der Waals surface area contributed by atoms with Gasteiger partial charge in [-0.15, -0.1) is 0 Å². The predicted molar refractivity (Wildman–Crippen MR) is 115 cm³/mol. The lowest BCUT2D eigenvalue weighted by Crippen LogP contribution is -2.32. The second kappa shape index (κ2) is 8.67. The van der Waals surface area contributed by atoms with Crippen molar-refractivity contribution < 1.29 is 38.4 Å². The molecular formula is C24H23NO8. The number of phenols is 1. The van der Waals surface area contributed by atoms with Crippen LogP contribution in [0.25, 0.3) is 0 Å². The highest BCUT2D eigenvalue weighted by Gasteiger charge is 2.36. The quantitative estimate of drug-likeness (QED) is 0.540. The van der Waals surface area contributed by atoms with Crippen molar-refractivity contribution >= 4 is 11.8 Å². The van der Waals surface area contributed by atoms with E-state index in [9.17, 15) is 14.7 Å². The number of esters is 1. The van der Waals surface area contributed by atoms with Crippen molar-refractivity contribution in [3.63, 3.8) is 0 Å². The zero-order valence-electron chi connectivity index (χ0n) is 18.0. The van der Waals surface area contributed by atoms with Crippen molar-refractivity contribution in [3.05, 3.63) is 59.0 Å². The van der Waals surface area contributed by atoms with Crippen LogP contribution in [0.1, 0.15) is 33.8 Å². The molecule has 1 N–H and O–H groups in total. The molecule has 0 saturated carbocycles. The summed E-state index contributed by atoms with van der Waals surface area (Å²) in [6.45, 7) is 2.55. The number of carbonyl (C=O) groups is 2. The number of nitrogens with zero attached hydrogens (tertiary/aromatic N) is 1. The topological polar surface area (TPSA) is 104 Å². The number of morpholine rings is 1. The number of allylic oxidation sites excluding steroid dienone is 1. The fourth-order valence-corrected chi connectivity index (χ4v) is 4.23. The minimum absolute atomic E-state index is 0.0692. The average molecular weight is 453 g/mol. The summed E-state index contributed by atoms with van der Waals surface area (Å²) in [5.41, 5.74) is 1.36. The van der Waals surface area contributed by atoms with E-state index < -0.39 is 11.9 Å². The molecule has 0 spiro atoms. The molecule has 0 bridgehead atoms. The monoisotopic (exact) mass is 453 g/mol. The van der Waals surface area contributed by atoms with Gasteiger partial charge in [-0.05, 0) is 29.8 Å². The van der Waals surface area contributed by atoms with Gasteiger partial charge in [0, 0.05) is 30.8 Å². The number of ether oxygens (including phenoxy) is 5. The van der Waals surface area contributed by atoms with Crippen LogP contribution in [-0.4, -0.2) is 62.0 Å². The van der Waals surface area contributed by atoms with E-state index in [4.69, 9.17) is 23.7 Å². The number of rotatable bonds is 5. The highest BCUT2D eigenvalue weighted by molar-refractivity contribution is 6.12. The summed E-state index contributed by atoms with van der Waals surface area (Å²) >= 11 is 0. The van der Waals surface area contributed by atoms with E-state index in [1.54, 1.807) is 24.4 Å². The van der Waals surface area contributed by atoms with E-state index >= 15 is 0 Å². The second-order valence-corrected chi connectivity index (χ2v) is 7.89.